The van der Waals surface area contributed by atoms with E-state index in [0.717, 1.165) is 25.9 Å². The SMILES string of the molecule is C=CC(=C)NC(=O)C1CCCNC1. The summed E-state index contributed by atoms with van der Waals surface area (Å²) in [5, 5.41) is 5.90. The van der Waals surface area contributed by atoms with Crippen LogP contribution in [0.3, 0.4) is 0 Å². The van der Waals surface area contributed by atoms with E-state index >= 15 is 0 Å². The molecule has 0 aromatic rings. The Bertz CT molecular complexity index is 217. The zero-order valence-electron chi connectivity index (χ0n) is 7.81. The highest BCUT2D eigenvalue weighted by Gasteiger charge is 2.20. The fourth-order valence-electron chi connectivity index (χ4n) is 1.39. The molecule has 1 heterocycles. The summed E-state index contributed by atoms with van der Waals surface area (Å²) in [5.74, 6) is 0.141. The Morgan fingerprint density at radius 1 is 1.62 bits per heavy atom. The van der Waals surface area contributed by atoms with Crippen molar-refractivity contribution in [1.82, 2.24) is 10.6 Å². The Balaban J connectivity index is 2.37. The van der Waals surface area contributed by atoms with E-state index in [2.05, 4.69) is 23.8 Å². The maximum atomic E-state index is 11.5. The van der Waals surface area contributed by atoms with Crippen LogP contribution in [0.1, 0.15) is 12.8 Å². The van der Waals surface area contributed by atoms with Crippen molar-refractivity contribution < 1.29 is 4.79 Å². The molecule has 1 fully saturated rings. The molecular formula is C10H16N2O. The lowest BCUT2D eigenvalue weighted by molar-refractivity contribution is -0.124. The highest BCUT2D eigenvalue weighted by atomic mass is 16.1. The number of rotatable bonds is 3. The van der Waals surface area contributed by atoms with E-state index in [1.54, 1.807) is 6.08 Å². The van der Waals surface area contributed by atoms with Gasteiger partial charge in [-0.15, -0.1) is 0 Å². The maximum absolute atomic E-state index is 11.5. The molecule has 13 heavy (non-hydrogen) atoms. The van der Waals surface area contributed by atoms with E-state index in [4.69, 9.17) is 0 Å². The second kappa shape index (κ2) is 4.82. The predicted octanol–water partition coefficient (Wildman–Crippen LogP) is 0.802. The average Bonchev–Trinajstić information content (AvgIpc) is 2.19. The summed E-state index contributed by atoms with van der Waals surface area (Å²) >= 11 is 0. The van der Waals surface area contributed by atoms with Gasteiger partial charge in [-0.1, -0.05) is 13.2 Å². The molecular weight excluding hydrogens is 164 g/mol. The molecule has 3 heteroatoms. The Kier molecular flexibility index (Phi) is 3.71. The summed E-state index contributed by atoms with van der Waals surface area (Å²) in [6.45, 7) is 8.96. The van der Waals surface area contributed by atoms with Crippen LogP contribution in [0.25, 0.3) is 0 Å². The molecule has 0 aromatic carbocycles. The lowest BCUT2D eigenvalue weighted by Crippen LogP contribution is -2.39. The third-order valence-electron chi connectivity index (χ3n) is 2.20. The second-order valence-electron chi connectivity index (χ2n) is 3.26. The first kappa shape index (κ1) is 9.99. The van der Waals surface area contributed by atoms with Crippen LogP contribution in [0, 0.1) is 5.92 Å². The van der Waals surface area contributed by atoms with Crippen LogP contribution in [-0.2, 0) is 4.79 Å². The standard InChI is InChI=1S/C10H16N2O/c1-3-8(2)12-10(13)9-5-4-6-11-7-9/h3,9,11H,1-2,4-7H2,(H,12,13). The van der Waals surface area contributed by atoms with E-state index in [9.17, 15) is 4.79 Å². The molecule has 1 rings (SSSR count). The molecule has 0 aromatic heterocycles. The first-order valence-electron chi connectivity index (χ1n) is 4.57. The highest BCUT2D eigenvalue weighted by molar-refractivity contribution is 5.81. The van der Waals surface area contributed by atoms with Crippen molar-refractivity contribution in [2.75, 3.05) is 13.1 Å². The van der Waals surface area contributed by atoms with E-state index in [1.165, 1.54) is 0 Å². The third kappa shape index (κ3) is 3.03. The lowest BCUT2D eigenvalue weighted by atomic mass is 9.99. The van der Waals surface area contributed by atoms with Gasteiger partial charge in [0, 0.05) is 12.2 Å². The van der Waals surface area contributed by atoms with Crippen LogP contribution < -0.4 is 10.6 Å². The Morgan fingerprint density at radius 3 is 2.92 bits per heavy atom. The smallest absolute Gasteiger partial charge is 0.228 e. The van der Waals surface area contributed by atoms with Gasteiger partial charge < -0.3 is 10.6 Å². The summed E-state index contributed by atoms with van der Waals surface area (Å²) < 4.78 is 0. The predicted molar refractivity (Wildman–Crippen MR) is 53.1 cm³/mol. The van der Waals surface area contributed by atoms with Gasteiger partial charge in [-0.25, -0.2) is 0 Å². The zero-order chi connectivity index (χ0) is 9.68. The Labute approximate surface area is 78.9 Å². The minimum absolute atomic E-state index is 0.0529. The number of amides is 1. The molecule has 72 valence electrons. The van der Waals surface area contributed by atoms with Gasteiger partial charge in [0.2, 0.25) is 5.91 Å². The first-order chi connectivity index (χ1) is 6.24. The van der Waals surface area contributed by atoms with Gasteiger partial charge in [0.05, 0.1) is 5.92 Å². The maximum Gasteiger partial charge on any atom is 0.228 e. The average molecular weight is 180 g/mol. The largest absolute Gasteiger partial charge is 0.326 e. The van der Waals surface area contributed by atoms with Crippen molar-refractivity contribution in [1.29, 1.82) is 0 Å². The normalized spacial score (nSPS) is 22.0. The van der Waals surface area contributed by atoms with Crippen molar-refractivity contribution >= 4 is 5.91 Å². The number of allylic oxidation sites excluding steroid dienone is 1. The van der Waals surface area contributed by atoms with Crippen LogP contribution >= 0.6 is 0 Å². The quantitative estimate of drug-likeness (QED) is 0.631. The van der Waals surface area contributed by atoms with Gasteiger partial charge in [-0.05, 0) is 25.5 Å². The van der Waals surface area contributed by atoms with Crippen molar-refractivity contribution in [3.05, 3.63) is 24.9 Å². The van der Waals surface area contributed by atoms with Crippen LogP contribution in [-0.4, -0.2) is 19.0 Å². The van der Waals surface area contributed by atoms with E-state index < -0.39 is 0 Å². The Morgan fingerprint density at radius 2 is 2.38 bits per heavy atom. The number of hydrogen-bond acceptors (Lipinski definition) is 2. The number of nitrogens with one attached hydrogen (secondary N) is 2. The fourth-order valence-corrected chi connectivity index (χ4v) is 1.39. The van der Waals surface area contributed by atoms with Gasteiger partial charge in [-0.2, -0.15) is 0 Å². The molecule has 1 amide bonds. The van der Waals surface area contributed by atoms with Crippen LogP contribution in [0.5, 0.6) is 0 Å². The van der Waals surface area contributed by atoms with Crippen molar-refractivity contribution in [3.8, 4) is 0 Å². The second-order valence-corrected chi connectivity index (χ2v) is 3.26. The number of hydrogen-bond donors (Lipinski definition) is 2. The van der Waals surface area contributed by atoms with E-state index in [-0.39, 0.29) is 11.8 Å². The van der Waals surface area contributed by atoms with Gasteiger partial charge in [0.1, 0.15) is 0 Å². The molecule has 1 saturated heterocycles. The van der Waals surface area contributed by atoms with Crippen molar-refractivity contribution in [2.24, 2.45) is 5.92 Å². The van der Waals surface area contributed by atoms with Gasteiger partial charge >= 0.3 is 0 Å². The third-order valence-corrected chi connectivity index (χ3v) is 2.20. The monoisotopic (exact) mass is 180 g/mol. The summed E-state index contributed by atoms with van der Waals surface area (Å²) in [7, 11) is 0. The molecule has 1 unspecified atom stereocenters. The number of carbonyl (C=O) groups is 1. The molecule has 1 aliphatic rings. The molecule has 0 saturated carbocycles. The summed E-state index contributed by atoms with van der Waals surface area (Å²) in [5.41, 5.74) is 0.579. The molecule has 0 bridgehead atoms. The Hall–Kier alpha value is -1.09. The summed E-state index contributed by atoms with van der Waals surface area (Å²) in [6, 6.07) is 0. The highest BCUT2D eigenvalue weighted by Crippen LogP contribution is 2.10. The fraction of sp³-hybridized carbons (Fsp3) is 0.500. The van der Waals surface area contributed by atoms with Gasteiger partial charge in [-0.3, -0.25) is 4.79 Å². The minimum Gasteiger partial charge on any atom is -0.326 e. The molecule has 1 atom stereocenters. The zero-order valence-corrected chi connectivity index (χ0v) is 7.81. The minimum atomic E-state index is 0.0529. The van der Waals surface area contributed by atoms with E-state index in [1.807, 2.05) is 0 Å². The molecule has 1 aliphatic heterocycles. The van der Waals surface area contributed by atoms with Crippen LogP contribution in [0.4, 0.5) is 0 Å². The molecule has 0 radical (unpaired) electrons. The summed E-state index contributed by atoms with van der Waals surface area (Å²) in [6.07, 6.45) is 3.58. The van der Waals surface area contributed by atoms with Crippen molar-refractivity contribution in [2.45, 2.75) is 12.8 Å². The lowest BCUT2D eigenvalue weighted by Gasteiger charge is -2.21. The molecule has 0 spiro atoms. The van der Waals surface area contributed by atoms with E-state index in [0.29, 0.717) is 5.70 Å². The topological polar surface area (TPSA) is 41.1 Å². The number of carbonyl (C=O) groups excluding carboxylic acids is 1. The van der Waals surface area contributed by atoms with Crippen molar-refractivity contribution in [3.63, 3.8) is 0 Å². The molecule has 3 nitrogen and oxygen atoms in total. The molecule has 2 N–H and O–H groups in total. The first-order valence-corrected chi connectivity index (χ1v) is 4.57. The van der Waals surface area contributed by atoms with Gasteiger partial charge in [0.15, 0.2) is 0 Å². The van der Waals surface area contributed by atoms with Crippen LogP contribution in [0.2, 0.25) is 0 Å². The van der Waals surface area contributed by atoms with Crippen LogP contribution in [0.15, 0.2) is 24.9 Å². The molecule has 0 aliphatic carbocycles. The van der Waals surface area contributed by atoms with Gasteiger partial charge in [0.25, 0.3) is 0 Å². The number of piperidine rings is 1. The summed E-state index contributed by atoms with van der Waals surface area (Å²) in [4.78, 5) is 11.5.